The van der Waals surface area contributed by atoms with Gasteiger partial charge in [-0.2, -0.15) is 0 Å². The van der Waals surface area contributed by atoms with Gasteiger partial charge in [-0.3, -0.25) is 4.79 Å². The van der Waals surface area contributed by atoms with E-state index in [1.54, 1.807) is 18.2 Å². The molecule has 20 heavy (non-hydrogen) atoms. The number of nitrogens with one attached hydrogen (secondary N) is 1. The number of ether oxygens (including phenoxy) is 1. The number of aliphatic hydroxyl groups excluding tert-OH is 1. The molecule has 0 bridgehead atoms. The van der Waals surface area contributed by atoms with E-state index in [4.69, 9.17) is 27.9 Å². The van der Waals surface area contributed by atoms with Crippen LogP contribution in [0.1, 0.15) is 20.3 Å². The minimum absolute atomic E-state index is 0.0298. The van der Waals surface area contributed by atoms with Gasteiger partial charge in [0.05, 0.1) is 5.02 Å². The van der Waals surface area contributed by atoms with Gasteiger partial charge in [-0.15, -0.1) is 0 Å². The average Bonchev–Trinajstić information content (AvgIpc) is 2.37. The molecule has 1 aromatic carbocycles. The maximum atomic E-state index is 11.4. The maximum Gasteiger partial charge on any atom is 0.220 e. The summed E-state index contributed by atoms with van der Waals surface area (Å²) in [5.74, 6) is 0.611. The average molecular weight is 320 g/mol. The Bertz CT molecular complexity index is 452. The first kappa shape index (κ1) is 17.1. The molecule has 2 N–H and O–H groups in total. The summed E-state index contributed by atoms with van der Waals surface area (Å²) in [5, 5.41) is 13.1. The highest BCUT2D eigenvalue weighted by molar-refractivity contribution is 6.42. The van der Waals surface area contributed by atoms with Crippen molar-refractivity contribution in [2.24, 2.45) is 5.92 Å². The Hall–Kier alpha value is -0.970. The molecule has 6 heteroatoms. The molecule has 0 aromatic heterocycles. The van der Waals surface area contributed by atoms with E-state index in [-0.39, 0.29) is 25.0 Å². The summed E-state index contributed by atoms with van der Waals surface area (Å²) in [6.07, 6.45) is -0.366. The van der Waals surface area contributed by atoms with E-state index in [1.165, 1.54) is 0 Å². The van der Waals surface area contributed by atoms with E-state index in [0.29, 0.717) is 22.2 Å². The van der Waals surface area contributed by atoms with E-state index in [1.807, 2.05) is 13.8 Å². The van der Waals surface area contributed by atoms with Gasteiger partial charge in [-0.1, -0.05) is 43.1 Å². The van der Waals surface area contributed by atoms with Gasteiger partial charge in [0, 0.05) is 13.0 Å². The Balaban J connectivity index is 2.34. The monoisotopic (exact) mass is 319 g/mol. The molecule has 0 unspecified atom stereocenters. The van der Waals surface area contributed by atoms with Crippen LogP contribution in [0.25, 0.3) is 0 Å². The maximum absolute atomic E-state index is 11.4. The molecule has 0 saturated heterocycles. The van der Waals surface area contributed by atoms with Gasteiger partial charge in [-0.05, 0) is 18.1 Å². The van der Waals surface area contributed by atoms with Gasteiger partial charge in [0.25, 0.3) is 0 Å². The molecule has 0 aliphatic rings. The fraction of sp³-hybridized carbons (Fsp3) is 0.500. The summed E-state index contributed by atoms with van der Waals surface area (Å²) in [4.78, 5) is 11.4. The second kappa shape index (κ2) is 8.35. The lowest BCUT2D eigenvalue weighted by molar-refractivity contribution is -0.122. The van der Waals surface area contributed by atoms with Crippen LogP contribution in [0, 0.1) is 5.92 Å². The predicted molar refractivity (Wildman–Crippen MR) is 80.4 cm³/mol. The van der Waals surface area contributed by atoms with Crippen molar-refractivity contribution in [3.63, 3.8) is 0 Å². The second-order valence-corrected chi connectivity index (χ2v) is 5.70. The molecule has 0 aliphatic carbocycles. The Morgan fingerprint density at radius 1 is 1.40 bits per heavy atom. The zero-order valence-corrected chi connectivity index (χ0v) is 13.0. The molecule has 4 nitrogen and oxygen atoms in total. The van der Waals surface area contributed by atoms with E-state index in [0.717, 1.165) is 0 Å². The molecule has 1 rings (SSSR count). The molecule has 0 aliphatic heterocycles. The number of halogens is 2. The van der Waals surface area contributed by atoms with Crippen LogP contribution in [0.3, 0.4) is 0 Å². The van der Waals surface area contributed by atoms with Crippen LogP contribution < -0.4 is 10.1 Å². The van der Waals surface area contributed by atoms with Crippen LogP contribution in [0.15, 0.2) is 18.2 Å². The molecule has 0 radical (unpaired) electrons. The molecule has 0 spiro atoms. The van der Waals surface area contributed by atoms with Gasteiger partial charge >= 0.3 is 0 Å². The van der Waals surface area contributed by atoms with Crippen LogP contribution in [0.4, 0.5) is 0 Å². The fourth-order valence-electron chi connectivity index (χ4n) is 1.51. The largest absolute Gasteiger partial charge is 0.489 e. The number of rotatable bonds is 7. The van der Waals surface area contributed by atoms with Crippen molar-refractivity contribution in [2.75, 3.05) is 13.2 Å². The van der Waals surface area contributed by atoms with Crippen LogP contribution in [0.2, 0.25) is 10.0 Å². The van der Waals surface area contributed by atoms with E-state index in [9.17, 15) is 9.90 Å². The van der Waals surface area contributed by atoms with E-state index < -0.39 is 6.10 Å². The molecular formula is C14H19Cl2NO3. The van der Waals surface area contributed by atoms with Crippen molar-refractivity contribution in [3.05, 3.63) is 28.2 Å². The van der Waals surface area contributed by atoms with Crippen molar-refractivity contribution < 1.29 is 14.6 Å². The van der Waals surface area contributed by atoms with E-state index in [2.05, 4.69) is 5.32 Å². The number of aliphatic hydroxyl groups is 1. The Kier molecular flexibility index (Phi) is 7.13. The van der Waals surface area contributed by atoms with Gasteiger partial charge in [0.1, 0.15) is 23.5 Å². The summed E-state index contributed by atoms with van der Waals surface area (Å²) < 4.78 is 5.38. The van der Waals surface area contributed by atoms with Crippen LogP contribution in [0.5, 0.6) is 5.75 Å². The van der Waals surface area contributed by atoms with Gasteiger partial charge in [0.2, 0.25) is 5.91 Å². The highest BCUT2D eigenvalue weighted by atomic mass is 35.5. The Morgan fingerprint density at radius 2 is 2.10 bits per heavy atom. The zero-order chi connectivity index (χ0) is 15.1. The minimum atomic E-state index is -0.804. The van der Waals surface area contributed by atoms with Crippen LogP contribution >= 0.6 is 23.2 Å². The minimum Gasteiger partial charge on any atom is -0.489 e. The predicted octanol–water partition coefficient (Wildman–Crippen LogP) is 2.90. The van der Waals surface area contributed by atoms with E-state index >= 15 is 0 Å². The molecule has 112 valence electrons. The van der Waals surface area contributed by atoms with Crippen molar-refractivity contribution in [1.29, 1.82) is 0 Å². The fourth-order valence-corrected chi connectivity index (χ4v) is 1.86. The van der Waals surface area contributed by atoms with Gasteiger partial charge in [0.15, 0.2) is 0 Å². The number of amides is 1. The second-order valence-electron chi connectivity index (χ2n) is 4.92. The first-order valence-corrected chi connectivity index (χ1v) is 7.17. The summed E-state index contributed by atoms with van der Waals surface area (Å²) >= 11 is 11.8. The first-order chi connectivity index (χ1) is 9.40. The number of carbonyl (C=O) groups excluding carboxylic acids is 1. The lowest BCUT2D eigenvalue weighted by Crippen LogP contribution is -2.35. The van der Waals surface area contributed by atoms with Gasteiger partial charge in [-0.25, -0.2) is 0 Å². The number of carbonyl (C=O) groups is 1. The molecule has 1 atom stereocenters. The normalized spacial score (nSPS) is 12.3. The summed E-state index contributed by atoms with van der Waals surface area (Å²) in [7, 11) is 0. The molecule has 0 saturated carbocycles. The quantitative estimate of drug-likeness (QED) is 0.812. The third kappa shape index (κ3) is 5.99. The smallest absolute Gasteiger partial charge is 0.220 e. The highest BCUT2D eigenvalue weighted by Gasteiger charge is 2.11. The highest BCUT2D eigenvalue weighted by Crippen LogP contribution is 2.31. The van der Waals surface area contributed by atoms with Crippen LogP contribution in [-0.2, 0) is 4.79 Å². The number of hydrogen-bond donors (Lipinski definition) is 2. The SMILES string of the molecule is CC(C)CC(=O)NC[C@@H](O)COc1cccc(Cl)c1Cl. The molecular weight excluding hydrogens is 301 g/mol. The standard InChI is InChI=1S/C14H19Cl2NO3/c1-9(2)6-13(19)17-7-10(18)8-20-12-5-3-4-11(15)14(12)16/h3-5,9-10,18H,6-8H2,1-2H3,(H,17,19)/t10-/m1/s1. The Labute approximate surface area is 129 Å². The van der Waals surface area contributed by atoms with Gasteiger partial charge < -0.3 is 15.2 Å². The molecule has 0 heterocycles. The molecule has 0 fully saturated rings. The lowest BCUT2D eigenvalue weighted by Gasteiger charge is -2.14. The topological polar surface area (TPSA) is 58.6 Å². The number of hydrogen-bond acceptors (Lipinski definition) is 3. The number of benzene rings is 1. The summed E-state index contributed by atoms with van der Waals surface area (Å²) in [6, 6.07) is 5.03. The van der Waals surface area contributed by atoms with Crippen molar-refractivity contribution >= 4 is 29.1 Å². The molecule has 1 amide bonds. The van der Waals surface area contributed by atoms with Crippen molar-refractivity contribution in [2.45, 2.75) is 26.4 Å². The molecule has 1 aromatic rings. The summed E-state index contributed by atoms with van der Waals surface area (Å²) in [5.41, 5.74) is 0. The third-order valence-corrected chi connectivity index (χ3v) is 3.28. The summed E-state index contributed by atoms with van der Waals surface area (Å²) in [6.45, 7) is 4.09. The Morgan fingerprint density at radius 3 is 2.75 bits per heavy atom. The van der Waals surface area contributed by atoms with Crippen LogP contribution in [-0.4, -0.2) is 30.3 Å². The van der Waals surface area contributed by atoms with Crippen molar-refractivity contribution in [1.82, 2.24) is 5.32 Å². The zero-order valence-electron chi connectivity index (χ0n) is 11.5. The third-order valence-electron chi connectivity index (χ3n) is 2.48. The van der Waals surface area contributed by atoms with Crippen molar-refractivity contribution in [3.8, 4) is 5.75 Å². The lowest BCUT2D eigenvalue weighted by atomic mass is 10.1. The first-order valence-electron chi connectivity index (χ1n) is 6.41.